The van der Waals surface area contributed by atoms with Crippen molar-refractivity contribution < 1.29 is 22.7 Å². The van der Waals surface area contributed by atoms with Gasteiger partial charge >= 0.3 is 0 Å². The number of anilines is 1. The normalized spacial score (nSPS) is 14.8. The van der Waals surface area contributed by atoms with Crippen LogP contribution in [0.1, 0.15) is 35.7 Å². The third kappa shape index (κ3) is 7.01. The summed E-state index contributed by atoms with van der Waals surface area (Å²) in [5.41, 5.74) is 1.83. The summed E-state index contributed by atoms with van der Waals surface area (Å²) in [6.07, 6.45) is 5.07. The van der Waals surface area contributed by atoms with Crippen LogP contribution in [-0.4, -0.2) is 46.0 Å². The number of carbonyl (C=O) groups excluding carboxylic acids is 2. The monoisotopic (exact) mass is 457 g/mol. The zero-order valence-corrected chi connectivity index (χ0v) is 18.8. The van der Waals surface area contributed by atoms with E-state index in [1.807, 2.05) is 0 Å². The molecule has 3 N–H and O–H groups in total. The fourth-order valence-electron chi connectivity index (χ4n) is 2.93. The van der Waals surface area contributed by atoms with Gasteiger partial charge in [-0.25, -0.2) is 13.1 Å². The highest BCUT2D eigenvalue weighted by atomic mass is 32.2. The molecular weight excluding hydrogens is 430 g/mol. The van der Waals surface area contributed by atoms with E-state index in [2.05, 4.69) is 15.4 Å². The lowest BCUT2D eigenvalue weighted by molar-refractivity contribution is -0.111. The van der Waals surface area contributed by atoms with E-state index in [0.29, 0.717) is 17.3 Å². The third-order valence-electron chi connectivity index (χ3n) is 4.72. The number of hydrogen-bond donors (Lipinski definition) is 3. The van der Waals surface area contributed by atoms with E-state index in [4.69, 9.17) is 4.74 Å². The Morgan fingerprint density at radius 2 is 1.75 bits per heavy atom. The van der Waals surface area contributed by atoms with Crippen LogP contribution in [0.15, 0.2) is 59.5 Å². The molecule has 0 aliphatic heterocycles. The molecule has 2 amide bonds. The van der Waals surface area contributed by atoms with Crippen LogP contribution in [-0.2, 0) is 19.6 Å². The van der Waals surface area contributed by atoms with Crippen molar-refractivity contribution in [1.29, 1.82) is 0 Å². The Bertz CT molecular complexity index is 1080. The molecule has 1 aliphatic carbocycles. The van der Waals surface area contributed by atoms with Crippen LogP contribution < -0.4 is 15.4 Å². The van der Waals surface area contributed by atoms with Crippen molar-refractivity contribution in [3.05, 3.63) is 65.7 Å². The van der Waals surface area contributed by atoms with Crippen LogP contribution in [0.25, 0.3) is 6.08 Å². The smallest absolute Gasteiger partial charge is 0.251 e. The molecule has 3 rings (SSSR count). The lowest BCUT2D eigenvalue weighted by Gasteiger charge is -2.13. The molecule has 0 heterocycles. The zero-order chi connectivity index (χ0) is 23.1. The number of carbonyl (C=O) groups is 2. The maximum absolute atomic E-state index is 12.3. The highest BCUT2D eigenvalue weighted by molar-refractivity contribution is 7.89. The Labute approximate surface area is 188 Å². The van der Waals surface area contributed by atoms with Gasteiger partial charge in [-0.05, 0) is 67.8 Å². The predicted molar refractivity (Wildman–Crippen MR) is 123 cm³/mol. The van der Waals surface area contributed by atoms with Crippen LogP contribution in [0.4, 0.5) is 5.69 Å². The van der Waals surface area contributed by atoms with E-state index in [1.165, 1.54) is 37.5 Å². The lowest BCUT2D eigenvalue weighted by Crippen LogP contribution is -2.35. The third-order valence-corrected chi connectivity index (χ3v) is 6.32. The second-order valence-electron chi connectivity index (χ2n) is 7.69. The Kier molecular flexibility index (Phi) is 7.79. The minimum absolute atomic E-state index is 0.0883. The summed E-state index contributed by atoms with van der Waals surface area (Å²) in [5, 5.41) is 5.61. The highest BCUT2D eigenvalue weighted by Crippen LogP contribution is 2.19. The number of rotatable bonds is 10. The average molecular weight is 458 g/mol. The quantitative estimate of drug-likeness (QED) is 0.475. The molecule has 1 aliphatic rings. The van der Waals surface area contributed by atoms with Crippen molar-refractivity contribution >= 4 is 33.6 Å². The summed E-state index contributed by atoms with van der Waals surface area (Å²) >= 11 is 0. The molecule has 2 aromatic rings. The first-order valence-electron chi connectivity index (χ1n) is 10.3. The fourth-order valence-corrected chi connectivity index (χ4v) is 4.16. The number of ether oxygens (including phenoxy) is 1. The first kappa shape index (κ1) is 23.6. The van der Waals surface area contributed by atoms with Crippen LogP contribution >= 0.6 is 0 Å². The molecule has 1 unspecified atom stereocenters. The molecule has 0 saturated heterocycles. The molecular formula is C23H27N3O5S. The van der Waals surface area contributed by atoms with Gasteiger partial charge in [0.2, 0.25) is 15.9 Å². The van der Waals surface area contributed by atoms with E-state index < -0.39 is 10.0 Å². The molecule has 8 nitrogen and oxygen atoms in total. The first-order valence-corrected chi connectivity index (χ1v) is 11.8. The maximum Gasteiger partial charge on any atom is 0.251 e. The number of nitrogens with one attached hydrogen (secondary N) is 3. The van der Waals surface area contributed by atoms with Gasteiger partial charge in [0.1, 0.15) is 0 Å². The van der Waals surface area contributed by atoms with E-state index in [-0.39, 0.29) is 29.4 Å². The summed E-state index contributed by atoms with van der Waals surface area (Å²) in [6, 6.07) is 12.8. The van der Waals surface area contributed by atoms with Gasteiger partial charge in [-0.3, -0.25) is 9.59 Å². The van der Waals surface area contributed by atoms with Gasteiger partial charge in [0.05, 0.1) is 11.5 Å². The van der Waals surface area contributed by atoms with E-state index >= 15 is 0 Å². The van der Waals surface area contributed by atoms with Gasteiger partial charge in [0.25, 0.3) is 5.91 Å². The molecule has 0 aromatic heterocycles. The second kappa shape index (κ2) is 10.5. The summed E-state index contributed by atoms with van der Waals surface area (Å²) in [7, 11) is -2.17. The number of hydrogen-bond acceptors (Lipinski definition) is 5. The van der Waals surface area contributed by atoms with Gasteiger partial charge in [-0.2, -0.15) is 0 Å². The van der Waals surface area contributed by atoms with Crippen molar-refractivity contribution in [3.63, 3.8) is 0 Å². The van der Waals surface area contributed by atoms with Crippen LogP contribution in [0.3, 0.4) is 0 Å². The highest BCUT2D eigenvalue weighted by Gasteiger charge is 2.23. The molecule has 1 saturated carbocycles. The summed E-state index contributed by atoms with van der Waals surface area (Å²) < 4.78 is 32.1. The summed E-state index contributed by atoms with van der Waals surface area (Å²) in [4.78, 5) is 24.3. The molecule has 0 radical (unpaired) electrons. The largest absolute Gasteiger partial charge is 0.383 e. The Morgan fingerprint density at radius 3 is 2.34 bits per heavy atom. The van der Waals surface area contributed by atoms with Gasteiger partial charge in [-0.15, -0.1) is 0 Å². The zero-order valence-electron chi connectivity index (χ0n) is 18.0. The van der Waals surface area contributed by atoms with Gasteiger partial charge < -0.3 is 15.4 Å². The van der Waals surface area contributed by atoms with E-state index in [1.54, 1.807) is 37.3 Å². The van der Waals surface area contributed by atoms with Crippen LogP contribution in [0.2, 0.25) is 0 Å². The minimum atomic E-state index is -3.67. The van der Waals surface area contributed by atoms with Gasteiger partial charge in [0, 0.05) is 36.5 Å². The van der Waals surface area contributed by atoms with Crippen molar-refractivity contribution in [2.75, 3.05) is 19.0 Å². The molecule has 1 atom stereocenters. The van der Waals surface area contributed by atoms with Crippen LogP contribution in [0.5, 0.6) is 0 Å². The van der Waals surface area contributed by atoms with E-state index in [9.17, 15) is 18.0 Å². The molecule has 170 valence electrons. The minimum Gasteiger partial charge on any atom is -0.383 e. The van der Waals surface area contributed by atoms with Gasteiger partial charge in [-0.1, -0.05) is 12.1 Å². The van der Waals surface area contributed by atoms with Gasteiger partial charge in [0.15, 0.2) is 0 Å². The Balaban J connectivity index is 1.54. The van der Waals surface area contributed by atoms with E-state index in [0.717, 1.165) is 18.4 Å². The Hall–Kier alpha value is -3.01. The molecule has 0 bridgehead atoms. The fraction of sp³-hybridized carbons (Fsp3) is 0.304. The number of sulfonamides is 1. The second-order valence-corrected chi connectivity index (χ2v) is 9.41. The van der Waals surface area contributed by atoms with Crippen molar-refractivity contribution in [3.8, 4) is 0 Å². The first-order chi connectivity index (χ1) is 15.3. The number of amides is 2. The Morgan fingerprint density at radius 1 is 1.09 bits per heavy atom. The predicted octanol–water partition coefficient (Wildman–Crippen LogP) is 2.54. The van der Waals surface area contributed by atoms with Crippen molar-refractivity contribution in [2.24, 2.45) is 0 Å². The lowest BCUT2D eigenvalue weighted by atomic mass is 10.1. The SMILES string of the molecule is COCC(C)NS(=O)(=O)c1ccc(NC(=O)/C=C/c2ccc(C(=O)NC3CC3)cc2)cc1. The number of benzene rings is 2. The van der Waals surface area contributed by atoms with Crippen LogP contribution in [0, 0.1) is 0 Å². The average Bonchev–Trinajstić information content (AvgIpc) is 3.57. The van der Waals surface area contributed by atoms with Crippen molar-refractivity contribution in [2.45, 2.75) is 36.7 Å². The van der Waals surface area contributed by atoms with Crippen molar-refractivity contribution in [1.82, 2.24) is 10.0 Å². The topological polar surface area (TPSA) is 114 Å². The maximum atomic E-state index is 12.3. The molecule has 0 spiro atoms. The molecule has 32 heavy (non-hydrogen) atoms. The summed E-state index contributed by atoms with van der Waals surface area (Å²) in [5.74, 6) is -0.447. The molecule has 1 fully saturated rings. The summed E-state index contributed by atoms with van der Waals surface area (Å²) in [6.45, 7) is 1.97. The number of methoxy groups -OCH3 is 1. The molecule has 9 heteroatoms. The standard InChI is InChI=1S/C23H27N3O5S/c1-16(15-31-2)26-32(29,30)21-12-10-19(11-13-21)24-22(27)14-5-17-3-6-18(7-4-17)23(28)25-20-8-9-20/h3-7,10-14,16,20,26H,8-9,15H2,1-2H3,(H,24,27)(H,25,28)/b14-5+. The molecule has 2 aromatic carbocycles.